The Balaban J connectivity index is 1.57. The van der Waals surface area contributed by atoms with Crippen LogP contribution in [0.1, 0.15) is 40.9 Å². The van der Waals surface area contributed by atoms with Crippen LogP contribution >= 0.6 is 0 Å². The predicted octanol–water partition coefficient (Wildman–Crippen LogP) is 1.93. The fraction of sp³-hybridized carbons (Fsp3) is 0.412. The lowest BCUT2D eigenvalue weighted by molar-refractivity contribution is 0.0952. The minimum atomic E-state index is -0.0594. The Labute approximate surface area is 140 Å². The molecule has 0 spiro atoms. The summed E-state index contributed by atoms with van der Waals surface area (Å²) in [4.78, 5) is 12.4. The van der Waals surface area contributed by atoms with Crippen LogP contribution in [-0.4, -0.2) is 36.8 Å². The van der Waals surface area contributed by atoms with Gasteiger partial charge in [0.05, 0.1) is 11.3 Å². The van der Waals surface area contributed by atoms with Crippen molar-refractivity contribution >= 4 is 11.6 Å². The van der Waals surface area contributed by atoms with Gasteiger partial charge in [0, 0.05) is 31.4 Å². The van der Waals surface area contributed by atoms with Gasteiger partial charge in [0.15, 0.2) is 5.65 Å². The van der Waals surface area contributed by atoms with Crippen molar-refractivity contribution in [2.75, 3.05) is 6.54 Å². The van der Waals surface area contributed by atoms with Crippen molar-refractivity contribution in [1.82, 2.24) is 29.7 Å². The molecule has 3 rings (SSSR count). The van der Waals surface area contributed by atoms with Gasteiger partial charge in [-0.05, 0) is 39.3 Å². The monoisotopic (exact) mass is 326 g/mol. The lowest BCUT2D eigenvalue weighted by Gasteiger charge is -2.06. The molecule has 0 aliphatic carbocycles. The number of hydrogen-bond acceptors (Lipinski definition) is 4. The summed E-state index contributed by atoms with van der Waals surface area (Å²) in [5.74, 6) is 0.849. The van der Waals surface area contributed by atoms with Crippen molar-refractivity contribution < 1.29 is 4.79 Å². The van der Waals surface area contributed by atoms with E-state index < -0.39 is 0 Å². The Morgan fingerprint density at radius 2 is 2.08 bits per heavy atom. The highest BCUT2D eigenvalue weighted by atomic mass is 16.1. The summed E-state index contributed by atoms with van der Waals surface area (Å²) < 4.78 is 3.83. The Bertz CT molecular complexity index is 863. The number of amides is 1. The molecule has 7 nitrogen and oxygen atoms in total. The number of nitrogens with one attached hydrogen (secondary N) is 1. The maximum Gasteiger partial charge on any atom is 0.255 e. The maximum absolute atomic E-state index is 12.4. The van der Waals surface area contributed by atoms with Crippen LogP contribution in [0.15, 0.2) is 24.4 Å². The Kier molecular flexibility index (Phi) is 4.59. The smallest absolute Gasteiger partial charge is 0.255 e. The molecule has 24 heavy (non-hydrogen) atoms. The normalized spacial score (nSPS) is 11.1. The first-order valence-corrected chi connectivity index (χ1v) is 8.22. The second kappa shape index (κ2) is 6.82. The van der Waals surface area contributed by atoms with Crippen molar-refractivity contribution in [3.63, 3.8) is 0 Å². The summed E-state index contributed by atoms with van der Waals surface area (Å²) in [6.45, 7) is 7.18. The van der Waals surface area contributed by atoms with Crippen molar-refractivity contribution in [1.29, 1.82) is 0 Å². The van der Waals surface area contributed by atoms with E-state index in [1.54, 1.807) is 0 Å². The van der Waals surface area contributed by atoms with E-state index in [1.807, 2.05) is 54.2 Å². The van der Waals surface area contributed by atoms with Crippen molar-refractivity contribution in [3.05, 3.63) is 47.2 Å². The molecule has 0 fully saturated rings. The van der Waals surface area contributed by atoms with Crippen LogP contribution < -0.4 is 5.32 Å². The lowest BCUT2D eigenvalue weighted by Crippen LogP contribution is -2.26. The number of aromatic nitrogens is 5. The predicted molar refractivity (Wildman–Crippen MR) is 91.0 cm³/mol. The van der Waals surface area contributed by atoms with E-state index >= 15 is 0 Å². The van der Waals surface area contributed by atoms with Gasteiger partial charge in [-0.15, -0.1) is 10.2 Å². The summed E-state index contributed by atoms with van der Waals surface area (Å²) in [6.07, 6.45) is 3.52. The Hall–Kier alpha value is -2.70. The van der Waals surface area contributed by atoms with E-state index in [9.17, 15) is 4.79 Å². The maximum atomic E-state index is 12.4. The summed E-state index contributed by atoms with van der Waals surface area (Å²) >= 11 is 0. The van der Waals surface area contributed by atoms with Crippen LogP contribution in [0.5, 0.6) is 0 Å². The highest BCUT2D eigenvalue weighted by molar-refractivity contribution is 5.96. The van der Waals surface area contributed by atoms with Gasteiger partial charge >= 0.3 is 0 Å². The van der Waals surface area contributed by atoms with Gasteiger partial charge in [0.2, 0.25) is 0 Å². The third kappa shape index (κ3) is 3.02. The molecular formula is C17H22N6O. The third-order valence-corrected chi connectivity index (χ3v) is 4.16. The molecule has 0 aliphatic rings. The van der Waals surface area contributed by atoms with Crippen LogP contribution in [0.2, 0.25) is 0 Å². The number of fused-ring (bicyclic) bond motifs is 1. The van der Waals surface area contributed by atoms with E-state index in [2.05, 4.69) is 20.6 Å². The molecule has 0 atom stereocenters. The van der Waals surface area contributed by atoms with E-state index in [0.717, 1.165) is 42.2 Å². The zero-order valence-corrected chi connectivity index (χ0v) is 14.3. The number of nitrogens with zero attached hydrogens (tertiary/aromatic N) is 5. The lowest BCUT2D eigenvalue weighted by atomic mass is 10.2. The number of hydrogen-bond donors (Lipinski definition) is 1. The average Bonchev–Trinajstić information content (AvgIpc) is 3.12. The van der Waals surface area contributed by atoms with Gasteiger partial charge in [-0.2, -0.15) is 5.10 Å². The highest BCUT2D eigenvalue weighted by Gasteiger charge is 2.17. The SMILES string of the molecule is CCn1nc(C)c(C(=O)NCCCc2nnc3ccccn23)c1C. The average molecular weight is 326 g/mol. The second-order valence-corrected chi connectivity index (χ2v) is 5.77. The zero-order valence-electron chi connectivity index (χ0n) is 14.3. The Morgan fingerprint density at radius 3 is 2.83 bits per heavy atom. The number of aryl methyl sites for hydroxylation is 3. The first-order chi connectivity index (χ1) is 11.6. The van der Waals surface area contributed by atoms with Gasteiger partial charge in [-0.3, -0.25) is 13.9 Å². The van der Waals surface area contributed by atoms with Gasteiger partial charge < -0.3 is 5.32 Å². The van der Waals surface area contributed by atoms with Crippen molar-refractivity contribution in [3.8, 4) is 0 Å². The number of carbonyl (C=O) groups excluding carboxylic acids is 1. The van der Waals surface area contributed by atoms with Crippen LogP contribution in [0.4, 0.5) is 0 Å². The van der Waals surface area contributed by atoms with Crippen molar-refractivity contribution in [2.45, 2.75) is 40.2 Å². The minimum Gasteiger partial charge on any atom is -0.352 e. The van der Waals surface area contributed by atoms with Crippen LogP contribution in [-0.2, 0) is 13.0 Å². The summed E-state index contributed by atoms with van der Waals surface area (Å²) in [5, 5.41) is 15.7. The summed E-state index contributed by atoms with van der Waals surface area (Å²) in [6, 6.07) is 5.82. The molecular weight excluding hydrogens is 304 g/mol. The first kappa shape index (κ1) is 16.2. The molecule has 3 aromatic heterocycles. The molecule has 0 saturated carbocycles. The number of pyridine rings is 1. The van der Waals surface area contributed by atoms with Gasteiger partial charge in [0.1, 0.15) is 5.82 Å². The standard InChI is InChI=1S/C17H22N6O/c1-4-23-13(3)16(12(2)21-23)17(24)18-10-7-9-15-20-19-14-8-5-6-11-22(14)15/h5-6,8,11H,4,7,9-10H2,1-3H3,(H,18,24). The summed E-state index contributed by atoms with van der Waals surface area (Å²) in [5.41, 5.74) is 3.21. The fourth-order valence-electron chi connectivity index (χ4n) is 2.93. The molecule has 3 heterocycles. The Morgan fingerprint density at radius 1 is 1.25 bits per heavy atom. The molecule has 7 heteroatoms. The number of rotatable bonds is 6. The van der Waals surface area contributed by atoms with Crippen LogP contribution in [0.3, 0.4) is 0 Å². The molecule has 1 N–H and O–H groups in total. The van der Waals surface area contributed by atoms with Gasteiger partial charge in [-0.1, -0.05) is 6.07 Å². The van der Waals surface area contributed by atoms with Gasteiger partial charge in [-0.25, -0.2) is 0 Å². The zero-order chi connectivity index (χ0) is 17.1. The first-order valence-electron chi connectivity index (χ1n) is 8.22. The van der Waals surface area contributed by atoms with E-state index in [-0.39, 0.29) is 5.91 Å². The third-order valence-electron chi connectivity index (χ3n) is 4.16. The molecule has 0 aliphatic heterocycles. The molecule has 0 saturated heterocycles. The van der Waals surface area contributed by atoms with Gasteiger partial charge in [0.25, 0.3) is 5.91 Å². The van der Waals surface area contributed by atoms with E-state index in [1.165, 1.54) is 0 Å². The van der Waals surface area contributed by atoms with E-state index in [0.29, 0.717) is 12.1 Å². The molecule has 126 valence electrons. The number of carbonyl (C=O) groups is 1. The topological polar surface area (TPSA) is 77.1 Å². The highest BCUT2D eigenvalue weighted by Crippen LogP contribution is 2.12. The molecule has 0 unspecified atom stereocenters. The van der Waals surface area contributed by atoms with E-state index in [4.69, 9.17) is 0 Å². The molecule has 1 amide bonds. The fourth-order valence-corrected chi connectivity index (χ4v) is 2.93. The molecule has 0 aromatic carbocycles. The minimum absolute atomic E-state index is 0.0594. The molecule has 0 bridgehead atoms. The van der Waals surface area contributed by atoms with Crippen LogP contribution in [0.25, 0.3) is 5.65 Å². The van der Waals surface area contributed by atoms with Crippen LogP contribution in [0, 0.1) is 13.8 Å². The molecule has 3 aromatic rings. The second-order valence-electron chi connectivity index (χ2n) is 5.77. The molecule has 0 radical (unpaired) electrons. The summed E-state index contributed by atoms with van der Waals surface area (Å²) in [7, 11) is 0. The van der Waals surface area contributed by atoms with Crippen molar-refractivity contribution in [2.24, 2.45) is 0 Å². The quantitative estimate of drug-likeness (QED) is 0.702. The largest absolute Gasteiger partial charge is 0.352 e.